The van der Waals surface area contributed by atoms with E-state index in [0.717, 1.165) is 23.4 Å². The average molecular weight is 404 g/mol. The van der Waals surface area contributed by atoms with E-state index in [9.17, 15) is 14.7 Å². The summed E-state index contributed by atoms with van der Waals surface area (Å²) in [6.07, 6.45) is 0. The highest BCUT2D eigenvalue weighted by Crippen LogP contribution is 2.32. The van der Waals surface area contributed by atoms with Crippen molar-refractivity contribution in [3.05, 3.63) is 46.1 Å². The number of aromatic amines is 1. The number of benzene rings is 1. The molecule has 140 valence electrons. The number of hydrogen-bond acceptors (Lipinski definition) is 8. The number of anilines is 1. The second-order valence-corrected chi connectivity index (χ2v) is 7.58. The van der Waals surface area contributed by atoms with Crippen LogP contribution in [0.5, 0.6) is 11.6 Å². The molecule has 3 N–H and O–H groups in total. The predicted octanol–water partition coefficient (Wildman–Crippen LogP) is 2.73. The van der Waals surface area contributed by atoms with Gasteiger partial charge in [0.2, 0.25) is 11.8 Å². The van der Waals surface area contributed by atoms with Gasteiger partial charge in [0.15, 0.2) is 10.3 Å². The van der Waals surface area contributed by atoms with Crippen molar-refractivity contribution in [2.24, 2.45) is 0 Å². The van der Waals surface area contributed by atoms with Crippen LogP contribution in [0.25, 0.3) is 11.3 Å². The fourth-order valence-electron chi connectivity index (χ4n) is 2.22. The molecule has 10 heteroatoms. The van der Waals surface area contributed by atoms with Gasteiger partial charge >= 0.3 is 0 Å². The summed E-state index contributed by atoms with van der Waals surface area (Å²) >= 11 is 2.33. The summed E-state index contributed by atoms with van der Waals surface area (Å²) in [6, 6.07) is 8.45. The number of rotatable bonds is 6. The Balaban J connectivity index is 1.69. The van der Waals surface area contributed by atoms with Crippen LogP contribution in [0.3, 0.4) is 0 Å². The van der Waals surface area contributed by atoms with E-state index >= 15 is 0 Å². The lowest BCUT2D eigenvalue weighted by Crippen LogP contribution is -2.23. The zero-order valence-electron chi connectivity index (χ0n) is 14.4. The van der Waals surface area contributed by atoms with E-state index in [4.69, 9.17) is 4.74 Å². The zero-order valence-corrected chi connectivity index (χ0v) is 16.1. The Morgan fingerprint density at radius 1 is 1.37 bits per heavy atom. The van der Waals surface area contributed by atoms with Crippen LogP contribution in [-0.4, -0.2) is 38.3 Å². The van der Waals surface area contributed by atoms with Gasteiger partial charge in [-0.05, 0) is 19.1 Å². The van der Waals surface area contributed by atoms with Gasteiger partial charge in [0.05, 0.1) is 24.1 Å². The number of aromatic hydroxyl groups is 1. The molecular weight excluding hydrogens is 388 g/mol. The molecule has 0 spiro atoms. The largest absolute Gasteiger partial charge is 0.496 e. The Bertz CT molecular complexity index is 1020. The van der Waals surface area contributed by atoms with Crippen molar-refractivity contribution in [3.8, 4) is 22.9 Å². The highest BCUT2D eigenvalue weighted by Gasteiger charge is 2.18. The molecule has 3 rings (SSSR count). The molecule has 0 radical (unpaired) electrons. The first kappa shape index (κ1) is 18.9. The Hall–Kier alpha value is -2.85. The molecule has 0 fully saturated rings. The summed E-state index contributed by atoms with van der Waals surface area (Å²) in [5.74, 6) is 0.00524. The Morgan fingerprint density at radius 3 is 2.89 bits per heavy atom. The van der Waals surface area contributed by atoms with Crippen molar-refractivity contribution >= 4 is 34.1 Å². The van der Waals surface area contributed by atoms with E-state index in [1.165, 1.54) is 11.3 Å². The number of thiazole rings is 1. The molecule has 0 aliphatic rings. The fraction of sp³-hybridized carbons (Fsp3) is 0.176. The van der Waals surface area contributed by atoms with Crippen LogP contribution in [0.2, 0.25) is 0 Å². The van der Waals surface area contributed by atoms with Crippen LogP contribution >= 0.6 is 23.1 Å². The van der Waals surface area contributed by atoms with Crippen LogP contribution in [-0.2, 0) is 4.79 Å². The Kier molecular flexibility index (Phi) is 5.77. The highest BCUT2D eigenvalue weighted by molar-refractivity contribution is 8.00. The molecule has 2 aromatic heterocycles. The number of carbonyl (C=O) groups excluding carboxylic acids is 1. The molecule has 0 aliphatic carbocycles. The number of carbonyl (C=O) groups is 1. The van der Waals surface area contributed by atoms with Gasteiger partial charge in [0.25, 0.3) is 5.56 Å². The summed E-state index contributed by atoms with van der Waals surface area (Å²) in [7, 11) is 1.59. The number of hydrogen-bond donors (Lipinski definition) is 3. The standard InChI is InChI=1S/C17H16N4O4S2/c1-9(27-17-19-13(22)7-14(23)20-17)15(24)21-16-18-11(8-26-16)10-5-3-4-6-12(10)25-2/h3-9H,1-2H3,(H,18,21,24)(H2,19,20,22,23). The number of nitrogens with zero attached hydrogens (tertiary/aromatic N) is 2. The van der Waals surface area contributed by atoms with Crippen LogP contribution in [0.15, 0.2) is 45.7 Å². The topological polar surface area (TPSA) is 117 Å². The van der Waals surface area contributed by atoms with Crippen molar-refractivity contribution in [1.82, 2.24) is 15.0 Å². The Labute approximate surface area is 162 Å². The first-order valence-corrected chi connectivity index (χ1v) is 9.59. The summed E-state index contributed by atoms with van der Waals surface area (Å²) in [6.45, 7) is 1.67. The molecule has 1 aromatic carbocycles. The van der Waals surface area contributed by atoms with E-state index in [1.54, 1.807) is 14.0 Å². The molecule has 2 heterocycles. The summed E-state index contributed by atoms with van der Waals surface area (Å²) in [5.41, 5.74) is 1.05. The van der Waals surface area contributed by atoms with E-state index in [2.05, 4.69) is 20.3 Å². The van der Waals surface area contributed by atoms with Gasteiger partial charge in [0, 0.05) is 10.9 Å². The maximum Gasteiger partial charge on any atom is 0.255 e. The average Bonchev–Trinajstić information content (AvgIpc) is 3.09. The fourth-order valence-corrected chi connectivity index (χ4v) is 3.74. The first-order valence-electron chi connectivity index (χ1n) is 7.83. The highest BCUT2D eigenvalue weighted by atomic mass is 32.2. The van der Waals surface area contributed by atoms with Gasteiger partial charge in [-0.1, -0.05) is 23.9 Å². The summed E-state index contributed by atoms with van der Waals surface area (Å²) in [5, 5.41) is 14.0. The number of methoxy groups -OCH3 is 1. The number of aromatic nitrogens is 3. The van der Waals surface area contributed by atoms with Gasteiger partial charge in [0.1, 0.15) is 5.75 Å². The van der Waals surface area contributed by atoms with Crippen molar-refractivity contribution in [3.63, 3.8) is 0 Å². The number of ether oxygens (including phenoxy) is 1. The van der Waals surface area contributed by atoms with Gasteiger partial charge in [-0.3, -0.25) is 9.59 Å². The van der Waals surface area contributed by atoms with Crippen molar-refractivity contribution < 1.29 is 14.6 Å². The molecule has 0 bridgehead atoms. The van der Waals surface area contributed by atoms with E-state index in [1.807, 2.05) is 29.6 Å². The van der Waals surface area contributed by atoms with Crippen LogP contribution < -0.4 is 15.6 Å². The molecule has 1 atom stereocenters. The number of nitrogens with one attached hydrogen (secondary N) is 2. The lowest BCUT2D eigenvalue weighted by Gasteiger charge is -2.09. The number of H-pyrrole nitrogens is 1. The Morgan fingerprint density at radius 2 is 2.15 bits per heavy atom. The smallest absolute Gasteiger partial charge is 0.255 e. The van der Waals surface area contributed by atoms with Crippen LogP contribution in [0, 0.1) is 0 Å². The van der Waals surface area contributed by atoms with Gasteiger partial charge in [-0.2, -0.15) is 4.98 Å². The first-order chi connectivity index (χ1) is 13.0. The second kappa shape index (κ2) is 8.23. The molecule has 27 heavy (non-hydrogen) atoms. The monoisotopic (exact) mass is 404 g/mol. The lowest BCUT2D eigenvalue weighted by molar-refractivity contribution is -0.115. The summed E-state index contributed by atoms with van der Waals surface area (Å²) in [4.78, 5) is 34.4. The maximum absolute atomic E-state index is 12.4. The van der Waals surface area contributed by atoms with Crippen molar-refractivity contribution in [2.45, 2.75) is 17.3 Å². The van der Waals surface area contributed by atoms with Crippen molar-refractivity contribution in [2.75, 3.05) is 12.4 Å². The number of amides is 1. The zero-order chi connectivity index (χ0) is 19.4. The number of para-hydroxylation sites is 1. The molecule has 0 saturated carbocycles. The molecule has 3 aromatic rings. The normalized spacial score (nSPS) is 11.8. The van der Waals surface area contributed by atoms with Gasteiger partial charge < -0.3 is 20.1 Å². The van der Waals surface area contributed by atoms with E-state index in [-0.39, 0.29) is 11.1 Å². The van der Waals surface area contributed by atoms with Gasteiger partial charge in [-0.25, -0.2) is 4.98 Å². The molecule has 1 amide bonds. The molecule has 1 unspecified atom stereocenters. The van der Waals surface area contributed by atoms with Crippen LogP contribution in [0.4, 0.5) is 5.13 Å². The minimum absolute atomic E-state index is 0.163. The number of thioether (sulfide) groups is 1. The van der Waals surface area contributed by atoms with Crippen LogP contribution in [0.1, 0.15) is 6.92 Å². The molecule has 0 saturated heterocycles. The molecule has 0 aliphatic heterocycles. The van der Waals surface area contributed by atoms with Crippen molar-refractivity contribution in [1.29, 1.82) is 0 Å². The third-order valence-corrected chi connectivity index (χ3v) is 5.22. The molecular formula is C17H16N4O4S2. The second-order valence-electron chi connectivity index (χ2n) is 5.40. The quantitative estimate of drug-likeness (QED) is 0.427. The van der Waals surface area contributed by atoms with E-state index in [0.29, 0.717) is 16.6 Å². The minimum Gasteiger partial charge on any atom is -0.496 e. The minimum atomic E-state index is -0.562. The summed E-state index contributed by atoms with van der Waals surface area (Å²) < 4.78 is 5.33. The predicted molar refractivity (Wildman–Crippen MR) is 105 cm³/mol. The SMILES string of the molecule is COc1ccccc1-c1csc(NC(=O)C(C)Sc2nc(O)cc(=O)[nH]2)n1. The lowest BCUT2D eigenvalue weighted by atomic mass is 10.1. The third kappa shape index (κ3) is 4.66. The molecule has 8 nitrogen and oxygen atoms in total. The van der Waals surface area contributed by atoms with Gasteiger partial charge in [-0.15, -0.1) is 11.3 Å². The maximum atomic E-state index is 12.4. The third-order valence-electron chi connectivity index (χ3n) is 3.48. The van der Waals surface area contributed by atoms with E-state index < -0.39 is 16.7 Å².